The molecule has 0 bridgehead atoms. The number of primary amides is 1. The fraction of sp³-hybridized carbons (Fsp3) is 0.118. The lowest BCUT2D eigenvalue weighted by Gasteiger charge is -2.06. The van der Waals surface area contributed by atoms with Crippen molar-refractivity contribution in [1.29, 1.82) is 0 Å². The molecule has 1 aromatic heterocycles. The van der Waals surface area contributed by atoms with Crippen LogP contribution in [0.4, 0.5) is 5.13 Å². The molecule has 0 aliphatic carbocycles. The Bertz CT molecular complexity index is 1210. The summed E-state index contributed by atoms with van der Waals surface area (Å²) in [5.74, 6) is -1.34. The van der Waals surface area contributed by atoms with Gasteiger partial charge in [-0.3, -0.25) is 14.9 Å². The first-order valence-corrected chi connectivity index (χ1v) is 10.8. The highest BCUT2D eigenvalue weighted by Gasteiger charge is 2.19. The van der Waals surface area contributed by atoms with Gasteiger partial charge in [0.2, 0.25) is 15.9 Å². The van der Waals surface area contributed by atoms with E-state index in [-0.39, 0.29) is 39.3 Å². The van der Waals surface area contributed by atoms with Gasteiger partial charge >= 0.3 is 0 Å². The summed E-state index contributed by atoms with van der Waals surface area (Å²) >= 11 is 7.16. The molecule has 29 heavy (non-hydrogen) atoms. The molecule has 2 amide bonds. The Labute approximate surface area is 174 Å². The van der Waals surface area contributed by atoms with Gasteiger partial charge in [0.15, 0.2) is 5.13 Å². The van der Waals surface area contributed by atoms with E-state index < -0.39 is 21.8 Å². The fourth-order valence-electron chi connectivity index (χ4n) is 2.45. The maximum Gasteiger partial charge on any atom is 0.258 e. The van der Waals surface area contributed by atoms with Crippen LogP contribution in [-0.2, 0) is 10.0 Å². The van der Waals surface area contributed by atoms with E-state index >= 15 is 0 Å². The third kappa shape index (κ3) is 4.54. The highest BCUT2D eigenvalue weighted by Crippen LogP contribution is 2.29. The number of halogens is 1. The molecule has 0 spiro atoms. The zero-order chi connectivity index (χ0) is 21.2. The molecule has 12 heteroatoms. The number of sulfonamides is 1. The molecule has 5 N–H and O–H groups in total. The maximum absolute atomic E-state index is 12.5. The standard InChI is InChI=1S/C17H15ClN4O5S2/c18-14-10(15(19)24)2-1-3-11(14)16(25)22-17-21-12-5-4-9(8-13(12)28-17)29(26,27)20-6-7-23/h1-5,8,20,23H,6-7H2,(H2,19,24)(H,21,22,25). The molecule has 0 aliphatic heterocycles. The van der Waals surface area contributed by atoms with Gasteiger partial charge in [0.1, 0.15) is 0 Å². The SMILES string of the molecule is NC(=O)c1cccc(C(=O)Nc2nc3ccc(S(=O)(=O)NCCO)cc3s2)c1Cl. The molecule has 3 rings (SSSR count). The number of nitrogens with two attached hydrogens (primary N) is 1. The van der Waals surface area contributed by atoms with E-state index in [1.54, 1.807) is 0 Å². The number of benzene rings is 2. The van der Waals surface area contributed by atoms with E-state index in [4.69, 9.17) is 22.4 Å². The molecule has 3 aromatic rings. The summed E-state index contributed by atoms with van der Waals surface area (Å²) in [6.45, 7) is -0.423. The number of hydrogen-bond donors (Lipinski definition) is 4. The first kappa shape index (κ1) is 21.1. The third-order valence-electron chi connectivity index (χ3n) is 3.80. The van der Waals surface area contributed by atoms with E-state index in [9.17, 15) is 18.0 Å². The van der Waals surface area contributed by atoms with Crippen LogP contribution in [0.3, 0.4) is 0 Å². The number of thiazole rings is 1. The van der Waals surface area contributed by atoms with Crippen LogP contribution in [-0.4, -0.2) is 43.5 Å². The average molecular weight is 455 g/mol. The molecule has 1 heterocycles. The number of aliphatic hydroxyl groups is 1. The largest absolute Gasteiger partial charge is 0.395 e. The molecule has 0 radical (unpaired) electrons. The van der Waals surface area contributed by atoms with Crippen molar-refractivity contribution in [3.8, 4) is 0 Å². The number of carbonyl (C=O) groups is 2. The number of aliphatic hydroxyl groups excluding tert-OH is 1. The fourth-order valence-corrected chi connectivity index (χ4v) is 4.78. The first-order valence-electron chi connectivity index (χ1n) is 8.13. The lowest BCUT2D eigenvalue weighted by molar-refractivity contribution is 0.100. The zero-order valence-corrected chi connectivity index (χ0v) is 17.1. The van der Waals surface area contributed by atoms with Gasteiger partial charge in [0.25, 0.3) is 5.91 Å². The van der Waals surface area contributed by atoms with E-state index in [1.807, 2.05) is 0 Å². The highest BCUT2D eigenvalue weighted by atomic mass is 35.5. The van der Waals surface area contributed by atoms with Crippen molar-refractivity contribution in [2.45, 2.75) is 4.90 Å². The van der Waals surface area contributed by atoms with Crippen molar-refractivity contribution < 1.29 is 23.1 Å². The number of carbonyl (C=O) groups excluding carboxylic acids is 2. The van der Waals surface area contributed by atoms with Crippen LogP contribution in [0.25, 0.3) is 10.2 Å². The maximum atomic E-state index is 12.5. The number of amides is 2. The minimum Gasteiger partial charge on any atom is -0.395 e. The number of nitrogens with one attached hydrogen (secondary N) is 2. The second-order valence-corrected chi connectivity index (χ2v) is 8.93. The number of hydrogen-bond acceptors (Lipinski definition) is 7. The Hall–Kier alpha value is -2.57. The van der Waals surface area contributed by atoms with Crippen molar-refractivity contribution in [3.63, 3.8) is 0 Å². The highest BCUT2D eigenvalue weighted by molar-refractivity contribution is 7.89. The summed E-state index contributed by atoms with van der Waals surface area (Å²) in [6.07, 6.45) is 0. The van der Waals surface area contributed by atoms with E-state index in [1.165, 1.54) is 36.4 Å². The quantitative estimate of drug-likeness (QED) is 0.425. The number of aromatic nitrogens is 1. The van der Waals surface area contributed by atoms with Crippen LogP contribution in [0.15, 0.2) is 41.3 Å². The van der Waals surface area contributed by atoms with Crippen LogP contribution in [0, 0.1) is 0 Å². The van der Waals surface area contributed by atoms with E-state index in [0.29, 0.717) is 10.2 Å². The van der Waals surface area contributed by atoms with E-state index in [2.05, 4.69) is 15.0 Å². The van der Waals surface area contributed by atoms with Crippen molar-refractivity contribution in [2.75, 3.05) is 18.5 Å². The molecule has 0 unspecified atom stereocenters. The monoisotopic (exact) mass is 454 g/mol. The smallest absolute Gasteiger partial charge is 0.258 e. The molecular weight excluding hydrogens is 440 g/mol. The Kier molecular flexibility index (Phi) is 6.15. The van der Waals surface area contributed by atoms with Gasteiger partial charge in [-0.25, -0.2) is 18.1 Å². The summed E-state index contributed by atoms with van der Waals surface area (Å²) in [5, 5.41) is 11.5. The molecule has 0 aliphatic rings. The van der Waals surface area contributed by atoms with Gasteiger partial charge in [-0.1, -0.05) is 29.0 Å². The van der Waals surface area contributed by atoms with Gasteiger partial charge in [-0.15, -0.1) is 0 Å². The summed E-state index contributed by atoms with van der Waals surface area (Å²) in [7, 11) is -3.77. The van der Waals surface area contributed by atoms with Crippen molar-refractivity contribution >= 4 is 60.1 Å². The summed E-state index contributed by atoms with van der Waals surface area (Å²) < 4.78 is 27.1. The average Bonchev–Trinajstić information content (AvgIpc) is 3.07. The molecule has 2 aromatic carbocycles. The predicted octanol–water partition coefficient (Wildman–Crippen LogP) is 1.57. The van der Waals surface area contributed by atoms with Crippen LogP contribution >= 0.6 is 22.9 Å². The van der Waals surface area contributed by atoms with Gasteiger partial charge in [0.05, 0.1) is 37.9 Å². The Balaban J connectivity index is 1.87. The van der Waals surface area contributed by atoms with Crippen LogP contribution in [0.5, 0.6) is 0 Å². The van der Waals surface area contributed by atoms with Gasteiger partial charge < -0.3 is 10.8 Å². The summed E-state index contributed by atoms with van der Waals surface area (Å²) in [5.41, 5.74) is 5.80. The topological polar surface area (TPSA) is 151 Å². The van der Waals surface area contributed by atoms with E-state index in [0.717, 1.165) is 11.3 Å². The molecule has 0 saturated heterocycles. The lowest BCUT2D eigenvalue weighted by atomic mass is 10.1. The van der Waals surface area contributed by atoms with Crippen LogP contribution in [0.2, 0.25) is 5.02 Å². The van der Waals surface area contributed by atoms with Crippen molar-refractivity contribution in [2.24, 2.45) is 5.73 Å². The van der Waals surface area contributed by atoms with Gasteiger partial charge in [-0.05, 0) is 30.3 Å². The number of fused-ring (bicyclic) bond motifs is 1. The number of anilines is 1. The molecule has 0 fully saturated rings. The summed E-state index contributed by atoms with van der Waals surface area (Å²) in [4.78, 5) is 28.2. The normalized spacial score (nSPS) is 11.5. The molecular formula is C17H15ClN4O5S2. The van der Waals surface area contributed by atoms with Gasteiger partial charge in [0, 0.05) is 6.54 Å². The molecule has 0 saturated carbocycles. The predicted molar refractivity (Wildman–Crippen MR) is 110 cm³/mol. The Morgan fingerprint density at radius 3 is 2.62 bits per heavy atom. The molecule has 0 atom stereocenters. The first-order chi connectivity index (χ1) is 13.7. The minimum absolute atomic E-state index is 0.0113. The van der Waals surface area contributed by atoms with Crippen molar-refractivity contribution in [1.82, 2.24) is 9.71 Å². The zero-order valence-electron chi connectivity index (χ0n) is 14.7. The van der Waals surface area contributed by atoms with Crippen molar-refractivity contribution in [3.05, 3.63) is 52.5 Å². The lowest BCUT2D eigenvalue weighted by Crippen LogP contribution is -2.26. The Morgan fingerprint density at radius 1 is 1.21 bits per heavy atom. The second kappa shape index (κ2) is 8.43. The number of rotatable bonds is 7. The minimum atomic E-state index is -3.77. The Morgan fingerprint density at radius 2 is 1.93 bits per heavy atom. The van der Waals surface area contributed by atoms with Crippen LogP contribution < -0.4 is 15.8 Å². The van der Waals surface area contributed by atoms with Crippen LogP contribution in [0.1, 0.15) is 20.7 Å². The number of nitrogens with zero attached hydrogens (tertiary/aromatic N) is 1. The second-order valence-electron chi connectivity index (χ2n) is 5.76. The summed E-state index contributed by atoms with van der Waals surface area (Å²) in [6, 6.07) is 8.63. The van der Waals surface area contributed by atoms with Gasteiger partial charge in [-0.2, -0.15) is 0 Å². The molecule has 9 nitrogen and oxygen atoms in total. The molecule has 152 valence electrons. The third-order valence-corrected chi connectivity index (χ3v) is 6.60.